The molecule has 1 aromatic rings. The third-order valence-corrected chi connectivity index (χ3v) is 11.5. The smallest absolute Gasteiger partial charge is 0.375 e. The van der Waals surface area contributed by atoms with Crippen LogP contribution in [0.15, 0.2) is 46.6 Å². The topological polar surface area (TPSA) is 99.9 Å². The average molecular weight is 581 g/mol. The molecule has 0 radical (unpaired) electrons. The second kappa shape index (κ2) is 9.30. The van der Waals surface area contributed by atoms with Gasteiger partial charge < -0.3 is 13.9 Å². The highest BCUT2D eigenvalue weighted by Gasteiger charge is 2.77. The maximum Gasteiger partial charge on any atom is 0.375 e. The molecule has 9 atom stereocenters. The maximum absolute atomic E-state index is 15.9. The van der Waals surface area contributed by atoms with E-state index in [2.05, 4.69) is 0 Å². The molecule has 0 N–H and O–H groups in total. The molecule has 7 nitrogen and oxygen atoms in total. The summed E-state index contributed by atoms with van der Waals surface area (Å²) in [5, 5.41) is -0.794. The molecule has 3 fully saturated rings. The van der Waals surface area contributed by atoms with Crippen LogP contribution in [0.1, 0.15) is 57.5 Å². The average Bonchev–Trinajstić information content (AvgIpc) is 3.48. The molecule has 6 unspecified atom stereocenters. The second-order valence-corrected chi connectivity index (χ2v) is 12.9. The van der Waals surface area contributed by atoms with Crippen molar-refractivity contribution in [3.8, 4) is 0 Å². The van der Waals surface area contributed by atoms with Crippen LogP contribution in [-0.4, -0.2) is 52.1 Å². The standard InChI is InChI=1S/C29H31Cl2FO7/c1-15-10-18-19-12-21(32)20-11-17(34)7-8-26(20,3)28(19,31)23(30)13-27(18,4)29(15,24(35)14-38-16(2)33)39-25(36)22-6-5-9-37-22/h5-9,11,15,18-19,21,23H,10,12-14H2,1-4H3/t15?,18?,19?,21-,23?,26?,27?,28-,29-/m0/s1. The quantitative estimate of drug-likeness (QED) is 0.340. The number of Topliss-reactive ketones (excluding diaryl/α,β-unsaturated/α-hetero) is 1. The van der Waals surface area contributed by atoms with Crippen LogP contribution >= 0.6 is 23.2 Å². The van der Waals surface area contributed by atoms with Gasteiger partial charge in [0.1, 0.15) is 6.17 Å². The molecule has 0 bridgehead atoms. The number of rotatable bonds is 5. The van der Waals surface area contributed by atoms with Crippen LogP contribution in [0.25, 0.3) is 0 Å². The fraction of sp³-hybridized carbons (Fsp3) is 0.586. The van der Waals surface area contributed by atoms with E-state index in [4.69, 9.17) is 37.1 Å². The van der Waals surface area contributed by atoms with Gasteiger partial charge in [0, 0.05) is 23.7 Å². The van der Waals surface area contributed by atoms with E-state index in [1.807, 2.05) is 6.92 Å². The molecule has 0 aliphatic heterocycles. The molecular formula is C29H31Cl2FO7. The van der Waals surface area contributed by atoms with E-state index >= 15 is 4.39 Å². The molecule has 0 amide bonds. The van der Waals surface area contributed by atoms with Crippen molar-refractivity contribution in [3.05, 3.63) is 48.0 Å². The fourth-order valence-electron chi connectivity index (χ4n) is 8.19. The van der Waals surface area contributed by atoms with E-state index in [9.17, 15) is 19.2 Å². The van der Waals surface area contributed by atoms with Gasteiger partial charge in [-0.25, -0.2) is 9.18 Å². The van der Waals surface area contributed by atoms with Crippen LogP contribution in [0.4, 0.5) is 4.39 Å². The Labute approximate surface area is 236 Å². The molecule has 10 heteroatoms. The maximum atomic E-state index is 15.9. The van der Waals surface area contributed by atoms with Gasteiger partial charge >= 0.3 is 11.9 Å². The predicted molar refractivity (Wildman–Crippen MR) is 140 cm³/mol. The highest BCUT2D eigenvalue weighted by molar-refractivity contribution is 6.34. The molecule has 1 aromatic heterocycles. The van der Waals surface area contributed by atoms with Gasteiger partial charge in [0.25, 0.3) is 0 Å². The first-order valence-corrected chi connectivity index (χ1v) is 13.9. The van der Waals surface area contributed by atoms with E-state index in [1.165, 1.54) is 37.5 Å². The minimum absolute atomic E-state index is 0.00257. The van der Waals surface area contributed by atoms with Crippen LogP contribution in [0.2, 0.25) is 0 Å². The monoisotopic (exact) mass is 580 g/mol. The summed E-state index contributed by atoms with van der Waals surface area (Å²) in [5.41, 5.74) is -3.56. The minimum atomic E-state index is -1.75. The van der Waals surface area contributed by atoms with Crippen molar-refractivity contribution in [3.63, 3.8) is 0 Å². The van der Waals surface area contributed by atoms with Crippen molar-refractivity contribution in [1.29, 1.82) is 0 Å². The lowest BCUT2D eigenvalue weighted by Crippen LogP contribution is -2.69. The number of hydrogen-bond acceptors (Lipinski definition) is 7. The van der Waals surface area contributed by atoms with Crippen LogP contribution in [0.3, 0.4) is 0 Å². The Balaban J connectivity index is 1.63. The molecule has 4 aliphatic rings. The van der Waals surface area contributed by atoms with Crippen LogP contribution in [0.5, 0.6) is 0 Å². The predicted octanol–water partition coefficient (Wildman–Crippen LogP) is 5.39. The summed E-state index contributed by atoms with van der Waals surface area (Å²) in [6, 6.07) is 2.96. The van der Waals surface area contributed by atoms with E-state index in [0.29, 0.717) is 12.0 Å². The van der Waals surface area contributed by atoms with Crippen LogP contribution in [-0.2, 0) is 23.9 Å². The lowest BCUT2D eigenvalue weighted by molar-refractivity contribution is -0.174. The van der Waals surface area contributed by atoms with Gasteiger partial charge in [0.15, 0.2) is 18.0 Å². The van der Waals surface area contributed by atoms with Crippen molar-refractivity contribution in [2.75, 3.05) is 6.61 Å². The van der Waals surface area contributed by atoms with Crippen LogP contribution in [0, 0.1) is 28.6 Å². The normalized spacial score (nSPS) is 42.6. The van der Waals surface area contributed by atoms with E-state index in [0.717, 1.165) is 0 Å². The summed E-state index contributed by atoms with van der Waals surface area (Å²) in [4.78, 5) is 49.9. The SMILES string of the molecule is CC(=O)OCC(=O)[C@@]1(OC(=O)c2ccco2)C(C)CC2C3C[C@H](F)C4=CC(=O)C=CC4(C)[C@@]3(Cl)C(Cl)CC21C. The van der Waals surface area contributed by atoms with E-state index in [1.54, 1.807) is 19.9 Å². The van der Waals surface area contributed by atoms with Crippen molar-refractivity contribution in [2.45, 2.75) is 69.0 Å². The number of halogens is 3. The largest absolute Gasteiger partial charge is 0.458 e. The van der Waals surface area contributed by atoms with Gasteiger partial charge in [-0.05, 0) is 61.0 Å². The highest BCUT2D eigenvalue weighted by Crippen LogP contribution is 2.73. The Morgan fingerprint density at radius 3 is 2.56 bits per heavy atom. The molecule has 0 saturated heterocycles. The zero-order valence-electron chi connectivity index (χ0n) is 22.2. The molecule has 0 aromatic carbocycles. The lowest BCUT2D eigenvalue weighted by atomic mass is 9.46. The van der Waals surface area contributed by atoms with E-state index < -0.39 is 69.0 Å². The summed E-state index contributed by atoms with van der Waals surface area (Å²) in [6.07, 6.45) is 4.79. The molecule has 3 saturated carbocycles. The first kappa shape index (κ1) is 28.1. The number of esters is 2. The van der Waals surface area contributed by atoms with Gasteiger partial charge in [-0.1, -0.05) is 26.8 Å². The van der Waals surface area contributed by atoms with Gasteiger partial charge in [-0.3, -0.25) is 14.4 Å². The Morgan fingerprint density at radius 2 is 1.92 bits per heavy atom. The fourth-order valence-corrected chi connectivity index (χ4v) is 9.39. The minimum Gasteiger partial charge on any atom is -0.458 e. The summed E-state index contributed by atoms with van der Waals surface area (Å²) < 4.78 is 32.3. The Bertz CT molecular complexity index is 1290. The molecule has 4 aliphatic carbocycles. The number of furan rings is 1. The van der Waals surface area contributed by atoms with Gasteiger partial charge in [-0.15, -0.1) is 23.2 Å². The molecular weight excluding hydrogens is 550 g/mol. The number of carbonyl (C=O) groups is 4. The number of ketones is 2. The molecule has 39 heavy (non-hydrogen) atoms. The summed E-state index contributed by atoms with van der Waals surface area (Å²) in [5.74, 6) is -3.90. The summed E-state index contributed by atoms with van der Waals surface area (Å²) in [7, 11) is 0. The van der Waals surface area contributed by atoms with Gasteiger partial charge in [-0.2, -0.15) is 0 Å². The highest BCUT2D eigenvalue weighted by atomic mass is 35.5. The molecule has 1 heterocycles. The zero-order valence-corrected chi connectivity index (χ0v) is 23.7. The van der Waals surface area contributed by atoms with Crippen molar-refractivity contribution < 1.29 is 37.5 Å². The van der Waals surface area contributed by atoms with Crippen molar-refractivity contribution in [2.24, 2.45) is 28.6 Å². The number of ether oxygens (including phenoxy) is 2. The van der Waals surface area contributed by atoms with Gasteiger partial charge in [0.05, 0.1) is 16.5 Å². The van der Waals surface area contributed by atoms with Crippen LogP contribution < -0.4 is 0 Å². The van der Waals surface area contributed by atoms with E-state index in [-0.39, 0.29) is 30.3 Å². The number of carbonyl (C=O) groups excluding carboxylic acids is 4. The van der Waals surface area contributed by atoms with Crippen molar-refractivity contribution >= 4 is 46.7 Å². The summed E-state index contributed by atoms with van der Waals surface area (Å²) in [6.45, 7) is 6.02. The first-order valence-electron chi connectivity index (χ1n) is 13.1. The molecule has 0 spiro atoms. The number of fused-ring (bicyclic) bond motifs is 5. The third-order valence-electron chi connectivity index (χ3n) is 9.92. The van der Waals surface area contributed by atoms with Gasteiger partial charge in [0.2, 0.25) is 11.5 Å². The molecule has 5 rings (SSSR count). The second-order valence-electron chi connectivity index (χ2n) is 11.8. The third kappa shape index (κ3) is 3.73. The number of alkyl halides is 3. The number of allylic oxidation sites excluding steroid dienone is 4. The Morgan fingerprint density at radius 1 is 1.21 bits per heavy atom. The van der Waals surface area contributed by atoms with Crippen molar-refractivity contribution in [1.82, 2.24) is 0 Å². The zero-order chi connectivity index (χ0) is 28.5. The Hall–Kier alpha value is -2.45. The number of hydrogen-bond donors (Lipinski definition) is 0. The molecule has 210 valence electrons. The first-order chi connectivity index (χ1) is 18.2. The lowest BCUT2D eigenvalue weighted by Gasteiger charge is -2.64. The summed E-state index contributed by atoms with van der Waals surface area (Å²) >= 11 is 14.7. The Kier molecular flexibility index (Phi) is 6.70.